The summed E-state index contributed by atoms with van der Waals surface area (Å²) in [5.41, 5.74) is 2.53. The third-order valence-corrected chi connectivity index (χ3v) is 5.67. The second-order valence-corrected chi connectivity index (χ2v) is 8.04. The van der Waals surface area contributed by atoms with Crippen LogP contribution in [0.5, 0.6) is 0 Å². The number of aryl methyl sites for hydroxylation is 1. The maximum absolute atomic E-state index is 12.6. The van der Waals surface area contributed by atoms with E-state index in [4.69, 9.17) is 0 Å². The molecular formula is C22H29N5O2. The third kappa shape index (κ3) is 4.60. The first kappa shape index (κ1) is 19.5. The molecule has 1 aromatic heterocycles. The average Bonchev–Trinajstić information content (AvgIpc) is 3.38. The Labute approximate surface area is 171 Å². The molecule has 1 aromatic carbocycles. The number of fused-ring (bicyclic) bond motifs is 1. The van der Waals surface area contributed by atoms with Gasteiger partial charge in [0, 0.05) is 49.9 Å². The summed E-state index contributed by atoms with van der Waals surface area (Å²) in [6, 6.07) is 7.71. The van der Waals surface area contributed by atoms with Gasteiger partial charge in [-0.15, -0.1) is 0 Å². The van der Waals surface area contributed by atoms with Gasteiger partial charge < -0.3 is 20.1 Å². The van der Waals surface area contributed by atoms with Crippen molar-refractivity contribution in [3.05, 3.63) is 42.0 Å². The van der Waals surface area contributed by atoms with Gasteiger partial charge in [0.15, 0.2) is 0 Å². The van der Waals surface area contributed by atoms with Crippen molar-refractivity contribution < 1.29 is 9.59 Å². The zero-order chi connectivity index (χ0) is 20.2. The number of hydrogen-bond donors (Lipinski definition) is 2. The molecule has 7 heteroatoms. The minimum Gasteiger partial charge on any atom is -0.371 e. The predicted octanol–water partition coefficient (Wildman–Crippen LogP) is 2.97. The van der Waals surface area contributed by atoms with E-state index < -0.39 is 0 Å². The first-order valence-electron chi connectivity index (χ1n) is 10.6. The topological polar surface area (TPSA) is 79.3 Å². The van der Waals surface area contributed by atoms with Gasteiger partial charge in [0.2, 0.25) is 5.91 Å². The van der Waals surface area contributed by atoms with Crippen LogP contribution in [0.15, 0.2) is 30.5 Å². The Hall–Kier alpha value is -2.83. The molecule has 154 valence electrons. The zero-order valence-corrected chi connectivity index (χ0v) is 17.0. The van der Waals surface area contributed by atoms with Crippen LogP contribution in [0, 0.1) is 0 Å². The monoisotopic (exact) mass is 395 g/mol. The zero-order valence-electron chi connectivity index (χ0n) is 17.0. The second-order valence-electron chi connectivity index (χ2n) is 8.04. The van der Waals surface area contributed by atoms with Crippen LogP contribution < -0.4 is 15.5 Å². The van der Waals surface area contributed by atoms with Crippen molar-refractivity contribution in [3.63, 3.8) is 0 Å². The minimum absolute atomic E-state index is 0.105. The Bertz CT molecular complexity index is 885. The molecule has 29 heavy (non-hydrogen) atoms. The third-order valence-electron chi connectivity index (χ3n) is 5.67. The van der Waals surface area contributed by atoms with Crippen molar-refractivity contribution in [2.24, 2.45) is 0 Å². The lowest BCUT2D eigenvalue weighted by atomic mass is 10.1. The fourth-order valence-corrected chi connectivity index (χ4v) is 4.19. The summed E-state index contributed by atoms with van der Waals surface area (Å²) in [5.74, 6) is 0.707. The number of aromatic nitrogens is 2. The Kier molecular flexibility index (Phi) is 5.83. The largest absolute Gasteiger partial charge is 0.371 e. The molecule has 0 bridgehead atoms. The molecule has 3 heterocycles. The Balaban J connectivity index is 1.31. The fourth-order valence-electron chi connectivity index (χ4n) is 4.19. The van der Waals surface area contributed by atoms with Gasteiger partial charge in [-0.05, 0) is 50.8 Å². The molecule has 0 radical (unpaired) electrons. The summed E-state index contributed by atoms with van der Waals surface area (Å²) in [6.07, 6.45) is 7.41. The van der Waals surface area contributed by atoms with Crippen molar-refractivity contribution in [1.82, 2.24) is 14.9 Å². The number of hydrogen-bond acceptors (Lipinski definition) is 4. The smallest absolute Gasteiger partial charge is 0.269 e. The van der Waals surface area contributed by atoms with E-state index in [0.717, 1.165) is 56.1 Å². The summed E-state index contributed by atoms with van der Waals surface area (Å²) in [7, 11) is 0. The molecule has 1 fully saturated rings. The molecule has 2 N–H and O–H groups in total. The van der Waals surface area contributed by atoms with E-state index in [1.54, 1.807) is 6.20 Å². The number of amides is 2. The van der Waals surface area contributed by atoms with E-state index in [2.05, 4.69) is 26.6 Å². The van der Waals surface area contributed by atoms with Crippen LogP contribution in [0.2, 0.25) is 0 Å². The molecule has 2 aliphatic heterocycles. The van der Waals surface area contributed by atoms with Gasteiger partial charge in [0.1, 0.15) is 11.5 Å². The molecule has 1 atom stereocenters. The standard InChI is InChI=1S/C22H29N5O2/c1-16(24-22(29)19-15-23-20-9-2-3-12-27(19)20)13-21(28)25-17-7-6-8-18(14-17)26-10-4-5-11-26/h6-8,14-16H,2-5,9-13H2,1H3,(H,24,29)(H,25,28). The summed E-state index contributed by atoms with van der Waals surface area (Å²) in [5, 5.41) is 5.90. The number of benzene rings is 1. The Morgan fingerprint density at radius 2 is 1.93 bits per heavy atom. The lowest BCUT2D eigenvalue weighted by molar-refractivity contribution is -0.116. The van der Waals surface area contributed by atoms with Crippen LogP contribution >= 0.6 is 0 Å². The highest BCUT2D eigenvalue weighted by molar-refractivity contribution is 5.94. The number of carbonyl (C=O) groups is 2. The van der Waals surface area contributed by atoms with E-state index in [1.165, 1.54) is 12.8 Å². The molecule has 1 saturated heterocycles. The molecule has 0 aliphatic carbocycles. The number of nitrogens with one attached hydrogen (secondary N) is 2. The number of rotatable bonds is 6. The molecule has 4 rings (SSSR count). The molecule has 1 unspecified atom stereocenters. The molecule has 2 aliphatic rings. The lowest BCUT2D eigenvalue weighted by Gasteiger charge is -2.19. The quantitative estimate of drug-likeness (QED) is 0.788. The Morgan fingerprint density at radius 3 is 2.76 bits per heavy atom. The maximum atomic E-state index is 12.6. The van der Waals surface area contributed by atoms with Crippen LogP contribution in [0.25, 0.3) is 0 Å². The van der Waals surface area contributed by atoms with Crippen LogP contribution in [-0.2, 0) is 17.8 Å². The molecule has 0 saturated carbocycles. The van der Waals surface area contributed by atoms with Gasteiger partial charge in [-0.2, -0.15) is 0 Å². The van der Waals surface area contributed by atoms with Gasteiger partial charge >= 0.3 is 0 Å². The van der Waals surface area contributed by atoms with Gasteiger partial charge in [-0.3, -0.25) is 9.59 Å². The summed E-state index contributed by atoms with van der Waals surface area (Å²) >= 11 is 0. The van der Waals surface area contributed by atoms with Crippen molar-refractivity contribution in [1.29, 1.82) is 0 Å². The minimum atomic E-state index is -0.265. The molecule has 2 amide bonds. The van der Waals surface area contributed by atoms with Crippen LogP contribution in [0.4, 0.5) is 11.4 Å². The first-order chi connectivity index (χ1) is 14.1. The van der Waals surface area contributed by atoms with Crippen LogP contribution in [-0.4, -0.2) is 40.5 Å². The maximum Gasteiger partial charge on any atom is 0.269 e. The highest BCUT2D eigenvalue weighted by atomic mass is 16.2. The first-order valence-corrected chi connectivity index (χ1v) is 10.6. The second kappa shape index (κ2) is 8.68. The van der Waals surface area contributed by atoms with Crippen molar-refractivity contribution in [3.8, 4) is 0 Å². The van der Waals surface area contributed by atoms with Gasteiger partial charge in [-0.1, -0.05) is 6.07 Å². The highest BCUT2D eigenvalue weighted by Gasteiger charge is 2.21. The fraction of sp³-hybridized carbons (Fsp3) is 0.500. The normalized spacial score (nSPS) is 16.9. The molecule has 7 nitrogen and oxygen atoms in total. The summed E-state index contributed by atoms with van der Waals surface area (Å²) in [6.45, 7) is 4.82. The van der Waals surface area contributed by atoms with Crippen LogP contribution in [0.3, 0.4) is 0 Å². The van der Waals surface area contributed by atoms with Gasteiger partial charge in [0.05, 0.1) is 6.20 Å². The highest BCUT2D eigenvalue weighted by Crippen LogP contribution is 2.23. The van der Waals surface area contributed by atoms with Crippen molar-refractivity contribution in [2.45, 2.75) is 58.0 Å². The molecule has 2 aromatic rings. The van der Waals surface area contributed by atoms with E-state index >= 15 is 0 Å². The van der Waals surface area contributed by atoms with E-state index in [9.17, 15) is 9.59 Å². The summed E-state index contributed by atoms with van der Waals surface area (Å²) < 4.78 is 2.00. The van der Waals surface area contributed by atoms with Gasteiger partial charge in [0.25, 0.3) is 5.91 Å². The number of nitrogens with zero attached hydrogens (tertiary/aromatic N) is 3. The Morgan fingerprint density at radius 1 is 1.14 bits per heavy atom. The lowest BCUT2D eigenvalue weighted by Crippen LogP contribution is -2.36. The van der Waals surface area contributed by atoms with E-state index in [-0.39, 0.29) is 24.3 Å². The number of imidazole rings is 1. The molecule has 0 spiro atoms. The average molecular weight is 396 g/mol. The van der Waals surface area contributed by atoms with Crippen molar-refractivity contribution >= 4 is 23.2 Å². The molecular weight excluding hydrogens is 366 g/mol. The van der Waals surface area contributed by atoms with E-state index in [0.29, 0.717) is 5.69 Å². The van der Waals surface area contributed by atoms with E-state index in [1.807, 2.05) is 29.7 Å². The van der Waals surface area contributed by atoms with Gasteiger partial charge in [-0.25, -0.2) is 4.98 Å². The SMILES string of the molecule is CC(CC(=O)Nc1cccc(N2CCCC2)c1)NC(=O)c1cnc2n1CCCC2. The van der Waals surface area contributed by atoms with Crippen molar-refractivity contribution in [2.75, 3.05) is 23.3 Å². The predicted molar refractivity (Wildman–Crippen MR) is 113 cm³/mol. The number of carbonyl (C=O) groups excluding carboxylic acids is 2. The van der Waals surface area contributed by atoms with Crippen LogP contribution in [0.1, 0.15) is 55.3 Å². The summed E-state index contributed by atoms with van der Waals surface area (Å²) in [4.78, 5) is 31.8. The number of anilines is 2.